The molecule has 2 atom stereocenters. The molecule has 2 unspecified atom stereocenters. The zero-order valence-corrected chi connectivity index (χ0v) is 17.0. The Bertz CT molecular complexity index is 839. The van der Waals surface area contributed by atoms with Gasteiger partial charge < -0.3 is 15.2 Å². The van der Waals surface area contributed by atoms with Crippen molar-refractivity contribution in [3.05, 3.63) is 29.0 Å². The number of aromatic nitrogens is 2. The first-order chi connectivity index (χ1) is 12.5. The van der Waals surface area contributed by atoms with Crippen LogP contribution >= 0.6 is 11.6 Å². The number of halogens is 1. The van der Waals surface area contributed by atoms with E-state index in [9.17, 15) is 14.7 Å². The lowest BCUT2D eigenvalue weighted by Gasteiger charge is -2.20. The monoisotopic (exact) mass is 395 g/mol. The molecule has 0 aliphatic rings. The fraction of sp³-hybridized carbons (Fsp3) is 0.526. The number of hydrogen-bond donors (Lipinski definition) is 2. The van der Waals surface area contributed by atoms with Gasteiger partial charge in [0.1, 0.15) is 11.1 Å². The molecule has 2 aromatic heterocycles. The van der Waals surface area contributed by atoms with E-state index in [-0.39, 0.29) is 10.6 Å². The molecule has 0 saturated heterocycles. The quantitative estimate of drug-likeness (QED) is 0.804. The fourth-order valence-corrected chi connectivity index (χ4v) is 2.96. The summed E-state index contributed by atoms with van der Waals surface area (Å²) in [5, 5.41) is 13.0. The summed E-state index contributed by atoms with van der Waals surface area (Å²) < 4.78 is 6.60. The van der Waals surface area contributed by atoms with E-state index in [1.807, 2.05) is 6.92 Å². The number of carbonyl (C=O) groups excluding carboxylic acids is 2. The Morgan fingerprint density at radius 1 is 1.41 bits per heavy atom. The molecule has 0 spiro atoms. The topological polar surface area (TPSA) is 93.5 Å². The average Bonchev–Trinajstić information content (AvgIpc) is 2.94. The number of fused-ring (bicyclic) bond motifs is 1. The van der Waals surface area contributed by atoms with Gasteiger partial charge in [-0.25, -0.2) is 9.36 Å². The highest BCUT2D eigenvalue weighted by molar-refractivity contribution is 6.35. The highest BCUT2D eigenvalue weighted by Gasteiger charge is 2.26. The third-order valence-corrected chi connectivity index (χ3v) is 4.27. The first kappa shape index (κ1) is 21.2. The number of pyridine rings is 1. The zero-order valence-electron chi connectivity index (χ0n) is 16.2. The molecule has 1 amide bonds. The largest absolute Gasteiger partial charge is 0.443 e. The number of nitrogens with one attached hydrogen (secondary N) is 1. The minimum atomic E-state index is -0.705. The van der Waals surface area contributed by atoms with Crippen LogP contribution in [0, 0.1) is 0 Å². The van der Waals surface area contributed by atoms with Crippen LogP contribution in [0.3, 0.4) is 0 Å². The molecule has 0 aromatic carbocycles. The van der Waals surface area contributed by atoms with Crippen LogP contribution in [0.1, 0.15) is 57.8 Å². The third-order valence-electron chi connectivity index (χ3n) is 3.96. The van der Waals surface area contributed by atoms with Gasteiger partial charge >= 0.3 is 6.09 Å². The van der Waals surface area contributed by atoms with Crippen LogP contribution in [0.2, 0.25) is 5.02 Å². The van der Waals surface area contributed by atoms with E-state index in [1.54, 1.807) is 33.8 Å². The summed E-state index contributed by atoms with van der Waals surface area (Å²) in [6.45, 7) is 8.85. The molecule has 0 saturated carbocycles. The summed E-state index contributed by atoms with van der Waals surface area (Å²) in [7, 11) is 0. The van der Waals surface area contributed by atoms with Gasteiger partial charge in [-0.2, -0.15) is 0 Å². The maximum atomic E-state index is 12.8. The third kappa shape index (κ3) is 4.99. The number of nitrogens with zero attached hydrogens (tertiary/aromatic N) is 2. The maximum absolute atomic E-state index is 12.8. The van der Waals surface area contributed by atoms with Gasteiger partial charge in [-0.15, -0.1) is 0 Å². The Hall–Kier alpha value is -2.12. The molecule has 2 rings (SSSR count). The highest BCUT2D eigenvalue weighted by Crippen LogP contribution is 2.27. The van der Waals surface area contributed by atoms with Crippen molar-refractivity contribution in [1.29, 1.82) is 0 Å². The van der Waals surface area contributed by atoms with Crippen LogP contribution in [0.4, 0.5) is 4.79 Å². The zero-order chi connectivity index (χ0) is 20.4. The Labute approximate surface area is 163 Å². The molecule has 0 aliphatic heterocycles. The van der Waals surface area contributed by atoms with Crippen LogP contribution in [0.25, 0.3) is 11.0 Å². The van der Waals surface area contributed by atoms with Crippen molar-refractivity contribution < 1.29 is 19.4 Å². The molecule has 2 N–H and O–H groups in total. The molecular formula is C19H26ClN3O4. The normalized spacial score (nSPS) is 14.0. The van der Waals surface area contributed by atoms with E-state index < -0.39 is 29.7 Å². The minimum absolute atomic E-state index is 0.195. The van der Waals surface area contributed by atoms with E-state index in [4.69, 9.17) is 16.3 Å². The number of aliphatic hydroxyl groups is 1. The van der Waals surface area contributed by atoms with E-state index >= 15 is 0 Å². The van der Waals surface area contributed by atoms with Gasteiger partial charge in [0.25, 0.3) is 5.91 Å². The number of ether oxygens (including phenoxy) is 1. The molecule has 27 heavy (non-hydrogen) atoms. The van der Waals surface area contributed by atoms with E-state index in [2.05, 4.69) is 10.3 Å². The summed E-state index contributed by atoms with van der Waals surface area (Å²) in [5.74, 6) is -0.434. The maximum Gasteiger partial charge on any atom is 0.419 e. The van der Waals surface area contributed by atoms with Crippen molar-refractivity contribution in [3.8, 4) is 0 Å². The Morgan fingerprint density at radius 2 is 2.07 bits per heavy atom. The number of aliphatic hydroxyl groups excluding tert-OH is 1. The lowest BCUT2D eigenvalue weighted by atomic mass is 10.1. The van der Waals surface area contributed by atoms with E-state index in [0.29, 0.717) is 17.5 Å². The number of hydrogen-bond acceptors (Lipinski definition) is 5. The van der Waals surface area contributed by atoms with Gasteiger partial charge in [0, 0.05) is 12.4 Å². The summed E-state index contributed by atoms with van der Waals surface area (Å²) in [6.07, 6.45) is 2.92. The van der Waals surface area contributed by atoms with Gasteiger partial charge in [0.2, 0.25) is 0 Å². The van der Waals surface area contributed by atoms with E-state index in [1.165, 1.54) is 17.0 Å². The van der Waals surface area contributed by atoms with Gasteiger partial charge in [0.15, 0.2) is 0 Å². The van der Waals surface area contributed by atoms with Gasteiger partial charge in [-0.05, 0) is 40.2 Å². The lowest BCUT2D eigenvalue weighted by molar-refractivity contribution is 0.0544. The van der Waals surface area contributed by atoms with Crippen molar-refractivity contribution >= 4 is 34.6 Å². The molecule has 0 radical (unpaired) electrons. The molecule has 2 heterocycles. The van der Waals surface area contributed by atoms with Crippen molar-refractivity contribution in [2.45, 2.75) is 65.2 Å². The summed E-state index contributed by atoms with van der Waals surface area (Å²) in [4.78, 5) is 29.6. The fourth-order valence-electron chi connectivity index (χ4n) is 2.72. The molecule has 148 valence electrons. The standard InChI is InChI=1S/C19H26ClN3O4/c1-6-7-14(11(2)24)22-17(25)12-10-23(18(26)27-19(3,4)5)16-13(20)8-9-21-15(12)16/h8-11,14,24H,6-7H2,1-5H3,(H,22,25). The van der Waals surface area contributed by atoms with Crippen LogP contribution < -0.4 is 5.32 Å². The Kier molecular flexibility index (Phi) is 6.49. The first-order valence-corrected chi connectivity index (χ1v) is 9.30. The lowest BCUT2D eigenvalue weighted by Crippen LogP contribution is -2.42. The number of amides is 1. The van der Waals surface area contributed by atoms with Crippen LogP contribution in [-0.2, 0) is 4.74 Å². The van der Waals surface area contributed by atoms with Gasteiger partial charge in [-0.1, -0.05) is 24.9 Å². The molecule has 8 heteroatoms. The second-order valence-electron chi connectivity index (χ2n) is 7.49. The van der Waals surface area contributed by atoms with Gasteiger partial charge in [0.05, 0.1) is 28.2 Å². The molecule has 0 fully saturated rings. The molecular weight excluding hydrogens is 370 g/mol. The molecule has 2 aromatic rings. The van der Waals surface area contributed by atoms with Crippen molar-refractivity contribution in [1.82, 2.24) is 14.9 Å². The van der Waals surface area contributed by atoms with Crippen LogP contribution in [-0.4, -0.2) is 44.4 Å². The van der Waals surface area contributed by atoms with Crippen molar-refractivity contribution in [3.63, 3.8) is 0 Å². The highest BCUT2D eigenvalue weighted by atomic mass is 35.5. The summed E-state index contributed by atoms with van der Waals surface area (Å²) in [5.41, 5.74) is 0.0954. The first-order valence-electron chi connectivity index (χ1n) is 8.93. The van der Waals surface area contributed by atoms with Gasteiger partial charge in [-0.3, -0.25) is 9.78 Å². The van der Waals surface area contributed by atoms with Crippen LogP contribution in [0.5, 0.6) is 0 Å². The Morgan fingerprint density at radius 3 is 2.63 bits per heavy atom. The summed E-state index contributed by atoms with van der Waals surface area (Å²) in [6, 6.07) is 1.14. The summed E-state index contributed by atoms with van der Waals surface area (Å²) >= 11 is 6.26. The average molecular weight is 396 g/mol. The second-order valence-corrected chi connectivity index (χ2v) is 7.90. The Balaban J connectivity index is 2.47. The SMILES string of the molecule is CCCC(NC(=O)c1cn(C(=O)OC(C)(C)C)c2c(Cl)ccnc12)C(C)O. The van der Waals surface area contributed by atoms with Crippen LogP contribution in [0.15, 0.2) is 18.5 Å². The van der Waals surface area contributed by atoms with Crippen molar-refractivity contribution in [2.24, 2.45) is 0 Å². The molecule has 0 bridgehead atoms. The molecule has 0 aliphatic carbocycles. The second kappa shape index (κ2) is 8.27. The predicted octanol–water partition coefficient (Wildman–Crippen LogP) is 3.75. The predicted molar refractivity (Wildman–Crippen MR) is 104 cm³/mol. The molecule has 7 nitrogen and oxygen atoms in total. The smallest absolute Gasteiger partial charge is 0.419 e. The van der Waals surface area contributed by atoms with Crippen molar-refractivity contribution in [2.75, 3.05) is 0 Å². The minimum Gasteiger partial charge on any atom is -0.443 e. The number of rotatable bonds is 5. The van der Waals surface area contributed by atoms with E-state index in [0.717, 1.165) is 6.42 Å². The number of carbonyl (C=O) groups is 2.